The number of benzene rings is 2. The maximum Gasteiger partial charge on any atom is 0.120 e. The highest BCUT2D eigenvalue weighted by Gasteiger charge is 2.18. The molecule has 25 heavy (non-hydrogen) atoms. The fourth-order valence-electron chi connectivity index (χ4n) is 3.12. The van der Waals surface area contributed by atoms with Gasteiger partial charge in [-0.2, -0.15) is 0 Å². The van der Waals surface area contributed by atoms with E-state index in [0.29, 0.717) is 6.61 Å². The zero-order valence-electron chi connectivity index (χ0n) is 14.2. The fraction of sp³-hybridized carbons (Fsp3) is 0.286. The van der Waals surface area contributed by atoms with E-state index < -0.39 is 0 Å². The smallest absolute Gasteiger partial charge is 0.120 e. The van der Waals surface area contributed by atoms with Crippen LogP contribution in [0.15, 0.2) is 71.4 Å². The number of rotatable bonds is 5. The lowest BCUT2D eigenvalue weighted by Gasteiger charge is -2.29. The van der Waals surface area contributed by atoms with Crippen LogP contribution in [0.4, 0.5) is 0 Å². The number of aliphatic imine (C=N–C) groups is 1. The van der Waals surface area contributed by atoms with Crippen LogP contribution in [0.2, 0.25) is 0 Å². The van der Waals surface area contributed by atoms with Crippen LogP contribution < -0.4 is 4.74 Å². The number of hydrogen-bond acceptors (Lipinski definition) is 4. The van der Waals surface area contributed by atoms with Gasteiger partial charge in [0.15, 0.2) is 0 Å². The average Bonchev–Trinajstić information content (AvgIpc) is 3.18. The molecule has 2 aromatic rings. The highest BCUT2D eigenvalue weighted by Crippen LogP contribution is 2.21. The summed E-state index contributed by atoms with van der Waals surface area (Å²) in [5.74, 6) is 0.872. The molecule has 0 radical (unpaired) electrons. The molecule has 4 heteroatoms. The van der Waals surface area contributed by atoms with Crippen molar-refractivity contribution in [2.24, 2.45) is 4.99 Å². The van der Waals surface area contributed by atoms with Crippen LogP contribution in [-0.2, 0) is 11.3 Å². The zero-order valence-corrected chi connectivity index (χ0v) is 14.2. The van der Waals surface area contributed by atoms with Crippen LogP contribution in [0.25, 0.3) is 0 Å². The van der Waals surface area contributed by atoms with Gasteiger partial charge in [0.2, 0.25) is 0 Å². The van der Waals surface area contributed by atoms with Crippen LogP contribution in [0.3, 0.4) is 0 Å². The molecule has 0 spiro atoms. The lowest BCUT2D eigenvalue weighted by atomic mass is 10.1. The van der Waals surface area contributed by atoms with Crippen molar-refractivity contribution in [2.45, 2.75) is 6.61 Å². The molecule has 1 saturated heterocycles. The lowest BCUT2D eigenvalue weighted by Crippen LogP contribution is -2.36. The topological polar surface area (TPSA) is 34.1 Å². The minimum Gasteiger partial charge on any atom is -0.489 e. The molecule has 2 aromatic carbocycles. The van der Waals surface area contributed by atoms with Crippen molar-refractivity contribution in [2.75, 3.05) is 32.8 Å². The summed E-state index contributed by atoms with van der Waals surface area (Å²) in [7, 11) is 0. The summed E-state index contributed by atoms with van der Waals surface area (Å²) >= 11 is 0. The second-order valence-electron chi connectivity index (χ2n) is 6.24. The average molecular weight is 334 g/mol. The fourth-order valence-corrected chi connectivity index (χ4v) is 3.12. The summed E-state index contributed by atoms with van der Waals surface area (Å²) in [5.41, 5.74) is 4.59. The Morgan fingerprint density at radius 3 is 2.68 bits per heavy atom. The molecule has 0 unspecified atom stereocenters. The summed E-state index contributed by atoms with van der Waals surface area (Å²) in [6.07, 6.45) is 2.20. The largest absolute Gasteiger partial charge is 0.489 e. The third kappa shape index (κ3) is 3.91. The van der Waals surface area contributed by atoms with Gasteiger partial charge in [0, 0.05) is 24.4 Å². The van der Waals surface area contributed by atoms with E-state index in [1.54, 1.807) is 0 Å². The van der Waals surface area contributed by atoms with Crippen LogP contribution in [0.5, 0.6) is 5.75 Å². The Kier molecular flexibility index (Phi) is 4.79. The molecule has 128 valence electrons. The molecular weight excluding hydrogens is 312 g/mol. The third-order valence-electron chi connectivity index (χ3n) is 4.51. The van der Waals surface area contributed by atoms with Crippen molar-refractivity contribution in [1.82, 2.24) is 4.90 Å². The van der Waals surface area contributed by atoms with E-state index in [1.165, 1.54) is 11.3 Å². The van der Waals surface area contributed by atoms with Crippen molar-refractivity contribution >= 4 is 5.71 Å². The molecule has 0 atom stereocenters. The van der Waals surface area contributed by atoms with Crippen LogP contribution in [-0.4, -0.2) is 43.5 Å². The van der Waals surface area contributed by atoms with Gasteiger partial charge in [0.1, 0.15) is 12.4 Å². The lowest BCUT2D eigenvalue weighted by molar-refractivity contribution is 0.0535. The van der Waals surface area contributed by atoms with Crippen molar-refractivity contribution in [3.05, 3.63) is 77.5 Å². The second-order valence-corrected chi connectivity index (χ2v) is 6.24. The minimum absolute atomic E-state index is 0.575. The van der Waals surface area contributed by atoms with Crippen LogP contribution in [0.1, 0.15) is 11.1 Å². The summed E-state index contributed by atoms with van der Waals surface area (Å²) in [6.45, 7) is 4.84. The molecule has 0 N–H and O–H groups in total. The number of nitrogens with zero attached hydrogens (tertiary/aromatic N) is 2. The zero-order chi connectivity index (χ0) is 16.9. The maximum atomic E-state index is 5.93. The standard InChI is InChI=1S/C21H22N2O2/c1-2-5-17(6-3-1)16-25-20-8-4-7-18(13-20)21-14-19(15-22-21)23-9-11-24-12-10-23/h1-8,13-14H,9-12,15-16H2. The van der Waals surface area contributed by atoms with E-state index in [0.717, 1.165) is 49.9 Å². The monoisotopic (exact) mass is 334 g/mol. The van der Waals surface area contributed by atoms with E-state index in [-0.39, 0.29) is 0 Å². The van der Waals surface area contributed by atoms with Gasteiger partial charge in [-0.3, -0.25) is 4.99 Å². The molecule has 0 amide bonds. The Labute approximate surface area is 148 Å². The third-order valence-corrected chi connectivity index (χ3v) is 4.51. The van der Waals surface area contributed by atoms with E-state index in [2.05, 4.69) is 35.2 Å². The van der Waals surface area contributed by atoms with Gasteiger partial charge in [0.05, 0.1) is 25.5 Å². The molecule has 2 heterocycles. The Morgan fingerprint density at radius 2 is 1.84 bits per heavy atom. The molecule has 4 nitrogen and oxygen atoms in total. The predicted molar refractivity (Wildman–Crippen MR) is 99.1 cm³/mol. The molecule has 0 aromatic heterocycles. The number of allylic oxidation sites excluding steroid dienone is 1. The van der Waals surface area contributed by atoms with Gasteiger partial charge in [0.25, 0.3) is 0 Å². The van der Waals surface area contributed by atoms with Crippen LogP contribution >= 0.6 is 0 Å². The first kappa shape index (κ1) is 15.9. The predicted octanol–water partition coefficient (Wildman–Crippen LogP) is 3.28. The molecule has 4 rings (SSSR count). The molecule has 2 aliphatic rings. The van der Waals surface area contributed by atoms with Crippen molar-refractivity contribution in [3.8, 4) is 5.75 Å². The summed E-state index contributed by atoms with van der Waals surface area (Å²) in [4.78, 5) is 7.08. The Bertz CT molecular complexity index is 777. The Balaban J connectivity index is 1.43. The molecule has 0 saturated carbocycles. The van der Waals surface area contributed by atoms with Crippen molar-refractivity contribution in [1.29, 1.82) is 0 Å². The summed E-state index contributed by atoms with van der Waals surface area (Å²) < 4.78 is 11.4. The highest BCUT2D eigenvalue weighted by atomic mass is 16.5. The summed E-state index contributed by atoms with van der Waals surface area (Å²) in [6, 6.07) is 18.4. The van der Waals surface area contributed by atoms with Gasteiger partial charge in [-0.25, -0.2) is 0 Å². The normalized spacial score (nSPS) is 17.2. The Morgan fingerprint density at radius 1 is 1.00 bits per heavy atom. The number of ether oxygens (including phenoxy) is 2. The first-order valence-corrected chi connectivity index (χ1v) is 8.73. The van der Waals surface area contributed by atoms with Crippen molar-refractivity contribution < 1.29 is 9.47 Å². The van der Waals surface area contributed by atoms with Crippen LogP contribution in [0, 0.1) is 0 Å². The highest BCUT2D eigenvalue weighted by molar-refractivity contribution is 6.10. The first-order valence-electron chi connectivity index (χ1n) is 8.73. The van der Waals surface area contributed by atoms with E-state index in [9.17, 15) is 0 Å². The quantitative estimate of drug-likeness (QED) is 0.841. The minimum atomic E-state index is 0.575. The SMILES string of the molecule is C1=C(N2CCOCC2)CN=C1c1cccc(OCc2ccccc2)c1. The Hall–Kier alpha value is -2.59. The summed E-state index contributed by atoms with van der Waals surface area (Å²) in [5, 5.41) is 0. The molecule has 0 aliphatic carbocycles. The molecule has 1 fully saturated rings. The number of morpholine rings is 1. The van der Waals surface area contributed by atoms with E-state index in [4.69, 9.17) is 14.5 Å². The molecule has 2 aliphatic heterocycles. The van der Waals surface area contributed by atoms with Gasteiger partial charge < -0.3 is 14.4 Å². The molecule has 0 bridgehead atoms. The first-order chi connectivity index (χ1) is 12.4. The van der Waals surface area contributed by atoms with Gasteiger partial charge in [-0.15, -0.1) is 0 Å². The van der Waals surface area contributed by atoms with Gasteiger partial charge in [-0.05, 0) is 23.8 Å². The second kappa shape index (κ2) is 7.53. The van der Waals surface area contributed by atoms with Gasteiger partial charge in [-0.1, -0.05) is 42.5 Å². The van der Waals surface area contributed by atoms with E-state index >= 15 is 0 Å². The van der Waals surface area contributed by atoms with Crippen molar-refractivity contribution in [3.63, 3.8) is 0 Å². The number of hydrogen-bond donors (Lipinski definition) is 0. The van der Waals surface area contributed by atoms with E-state index in [1.807, 2.05) is 30.3 Å². The maximum absolute atomic E-state index is 5.93. The molecular formula is C21H22N2O2. The van der Waals surface area contributed by atoms with Gasteiger partial charge >= 0.3 is 0 Å².